The highest BCUT2D eigenvalue weighted by atomic mass is 16.5. The lowest BCUT2D eigenvalue weighted by Crippen LogP contribution is -1.97. The minimum Gasteiger partial charge on any atom is -0.475 e. The van der Waals surface area contributed by atoms with Gasteiger partial charge in [-0.05, 0) is 12.1 Å². The van der Waals surface area contributed by atoms with Gasteiger partial charge in [0.15, 0.2) is 0 Å². The summed E-state index contributed by atoms with van der Waals surface area (Å²) in [6.45, 7) is 0. The fourth-order valence-corrected chi connectivity index (χ4v) is 1.63. The predicted molar refractivity (Wildman–Crippen MR) is 63.8 cm³/mol. The summed E-state index contributed by atoms with van der Waals surface area (Å²) in [5.74, 6) is -1.33. The van der Waals surface area contributed by atoms with Crippen molar-refractivity contribution in [2.24, 2.45) is 0 Å². The van der Waals surface area contributed by atoms with Gasteiger partial charge in [0, 0.05) is 11.6 Å². The van der Waals surface area contributed by atoms with Crippen molar-refractivity contribution < 1.29 is 14.4 Å². The second-order valence-electron chi connectivity index (χ2n) is 3.75. The number of aromatic nitrogens is 4. The molecule has 0 saturated carbocycles. The summed E-state index contributed by atoms with van der Waals surface area (Å²) in [6, 6.07) is 8.59. The van der Waals surface area contributed by atoms with E-state index in [0.717, 1.165) is 11.3 Å². The molecule has 3 aromatic rings. The van der Waals surface area contributed by atoms with Crippen LogP contribution in [0.25, 0.3) is 16.9 Å². The minimum absolute atomic E-state index is 0.187. The van der Waals surface area contributed by atoms with Gasteiger partial charge in [-0.1, -0.05) is 17.3 Å². The first-order valence-corrected chi connectivity index (χ1v) is 5.41. The van der Waals surface area contributed by atoms with Gasteiger partial charge in [0.05, 0.1) is 18.1 Å². The number of hydrogen-bond donors (Lipinski definition) is 1. The molecule has 0 aliphatic carbocycles. The van der Waals surface area contributed by atoms with Crippen LogP contribution in [0.3, 0.4) is 0 Å². The normalized spacial score (nSPS) is 10.5. The molecule has 7 heteroatoms. The summed E-state index contributed by atoms with van der Waals surface area (Å²) in [7, 11) is 0. The molecule has 0 spiro atoms. The maximum absolute atomic E-state index is 10.7. The van der Waals surface area contributed by atoms with Crippen LogP contribution in [0.4, 0.5) is 0 Å². The number of aromatic carboxylic acids is 1. The number of carboxylic acids is 1. The highest BCUT2D eigenvalue weighted by Crippen LogP contribution is 2.20. The first-order valence-electron chi connectivity index (χ1n) is 5.41. The molecule has 3 rings (SSSR count). The van der Waals surface area contributed by atoms with Gasteiger partial charge < -0.3 is 9.63 Å². The smallest absolute Gasteiger partial charge is 0.374 e. The molecule has 0 unspecified atom stereocenters. The van der Waals surface area contributed by atoms with E-state index in [9.17, 15) is 4.79 Å². The van der Waals surface area contributed by atoms with Crippen LogP contribution in [0.5, 0.6) is 0 Å². The second-order valence-corrected chi connectivity index (χ2v) is 3.75. The van der Waals surface area contributed by atoms with E-state index < -0.39 is 5.97 Å². The number of nitrogens with zero attached hydrogens (tertiary/aromatic N) is 4. The first-order chi connectivity index (χ1) is 9.24. The highest BCUT2D eigenvalue weighted by Gasteiger charge is 2.12. The molecule has 1 N–H and O–H groups in total. The Balaban J connectivity index is 1.91. The van der Waals surface area contributed by atoms with Crippen LogP contribution in [0.1, 0.15) is 10.6 Å². The molecule has 0 aliphatic rings. The molecule has 0 fully saturated rings. The quantitative estimate of drug-likeness (QED) is 0.765. The van der Waals surface area contributed by atoms with E-state index in [4.69, 9.17) is 9.63 Å². The fourth-order valence-electron chi connectivity index (χ4n) is 1.63. The van der Waals surface area contributed by atoms with Gasteiger partial charge in [0.25, 0.3) is 0 Å². The molecule has 2 aromatic heterocycles. The third-order valence-electron chi connectivity index (χ3n) is 2.53. The topological polar surface area (TPSA) is 94.0 Å². The van der Waals surface area contributed by atoms with Crippen molar-refractivity contribution >= 4 is 5.97 Å². The van der Waals surface area contributed by atoms with Crippen LogP contribution in [-0.4, -0.2) is 31.2 Å². The van der Waals surface area contributed by atoms with Crippen molar-refractivity contribution in [2.45, 2.75) is 0 Å². The molecule has 0 aliphatic heterocycles. The van der Waals surface area contributed by atoms with Crippen molar-refractivity contribution in [3.8, 4) is 16.9 Å². The van der Waals surface area contributed by atoms with E-state index in [2.05, 4.69) is 15.4 Å². The van der Waals surface area contributed by atoms with Crippen LogP contribution in [0.2, 0.25) is 0 Å². The number of carboxylic acid groups (broad SMARTS) is 1. The van der Waals surface area contributed by atoms with Gasteiger partial charge in [0.2, 0.25) is 5.76 Å². The van der Waals surface area contributed by atoms with E-state index in [1.54, 1.807) is 24.5 Å². The zero-order valence-electron chi connectivity index (χ0n) is 9.59. The standard InChI is InChI=1S/C12H8N4O3/c17-12(18)11-7-10(15-19-11)8-1-3-9(4-2-8)16-13-5-6-14-16/h1-7H,(H,17,18). The van der Waals surface area contributed by atoms with Crippen molar-refractivity contribution in [3.63, 3.8) is 0 Å². The Morgan fingerprint density at radius 1 is 1.16 bits per heavy atom. The van der Waals surface area contributed by atoms with Crippen molar-refractivity contribution in [2.75, 3.05) is 0 Å². The number of carbonyl (C=O) groups is 1. The number of hydrogen-bond acceptors (Lipinski definition) is 5. The lowest BCUT2D eigenvalue weighted by molar-refractivity contribution is 0.0652. The molecule has 1 aromatic carbocycles. The number of benzene rings is 1. The zero-order valence-corrected chi connectivity index (χ0v) is 9.59. The van der Waals surface area contributed by atoms with E-state index in [-0.39, 0.29) is 5.76 Å². The Kier molecular flexibility index (Phi) is 2.57. The highest BCUT2D eigenvalue weighted by molar-refractivity contribution is 5.85. The summed E-state index contributed by atoms with van der Waals surface area (Å²) in [4.78, 5) is 12.2. The third kappa shape index (κ3) is 2.08. The summed E-state index contributed by atoms with van der Waals surface area (Å²) in [6.07, 6.45) is 3.18. The first kappa shape index (κ1) is 11.1. The van der Waals surface area contributed by atoms with Crippen molar-refractivity contribution in [3.05, 3.63) is 48.5 Å². The summed E-state index contributed by atoms with van der Waals surface area (Å²) in [5.41, 5.74) is 2.03. The molecule has 0 saturated heterocycles. The van der Waals surface area contributed by atoms with Crippen LogP contribution in [0, 0.1) is 0 Å². The van der Waals surface area contributed by atoms with Crippen LogP contribution >= 0.6 is 0 Å². The summed E-state index contributed by atoms with van der Waals surface area (Å²) >= 11 is 0. The van der Waals surface area contributed by atoms with Gasteiger partial charge in [-0.3, -0.25) is 0 Å². The molecule has 94 valence electrons. The maximum atomic E-state index is 10.7. The lowest BCUT2D eigenvalue weighted by atomic mass is 10.1. The SMILES string of the molecule is O=C(O)c1cc(-c2ccc(-n3nccn3)cc2)no1. The van der Waals surface area contributed by atoms with Crippen LogP contribution in [0.15, 0.2) is 47.2 Å². The largest absolute Gasteiger partial charge is 0.475 e. The monoisotopic (exact) mass is 256 g/mol. The molecule has 0 radical (unpaired) electrons. The van der Waals surface area contributed by atoms with Gasteiger partial charge in [-0.25, -0.2) is 4.79 Å². The Bertz CT molecular complexity index is 701. The van der Waals surface area contributed by atoms with Crippen LogP contribution < -0.4 is 0 Å². The minimum atomic E-state index is -1.14. The Hall–Kier alpha value is -2.96. The number of rotatable bonds is 3. The third-order valence-corrected chi connectivity index (χ3v) is 2.53. The molecule has 0 amide bonds. The molecular weight excluding hydrogens is 248 g/mol. The van der Waals surface area contributed by atoms with E-state index in [1.165, 1.54) is 10.9 Å². The maximum Gasteiger partial charge on any atom is 0.374 e. The van der Waals surface area contributed by atoms with Gasteiger partial charge in [-0.2, -0.15) is 15.0 Å². The van der Waals surface area contributed by atoms with E-state index >= 15 is 0 Å². The predicted octanol–water partition coefficient (Wildman–Crippen LogP) is 1.62. The van der Waals surface area contributed by atoms with Crippen molar-refractivity contribution in [1.29, 1.82) is 0 Å². The van der Waals surface area contributed by atoms with E-state index in [1.807, 2.05) is 12.1 Å². The Labute approximate surface area is 107 Å². The molecule has 2 heterocycles. The Morgan fingerprint density at radius 2 is 1.84 bits per heavy atom. The molecular formula is C12H8N4O3. The van der Waals surface area contributed by atoms with Gasteiger partial charge in [0.1, 0.15) is 5.69 Å². The zero-order chi connectivity index (χ0) is 13.2. The second kappa shape index (κ2) is 4.37. The summed E-state index contributed by atoms with van der Waals surface area (Å²) < 4.78 is 4.70. The average molecular weight is 256 g/mol. The molecule has 0 atom stereocenters. The average Bonchev–Trinajstić information content (AvgIpc) is 3.11. The molecule has 7 nitrogen and oxygen atoms in total. The van der Waals surface area contributed by atoms with Gasteiger partial charge >= 0.3 is 5.97 Å². The molecule has 0 bridgehead atoms. The summed E-state index contributed by atoms with van der Waals surface area (Å²) in [5, 5.41) is 20.5. The Morgan fingerprint density at radius 3 is 2.42 bits per heavy atom. The van der Waals surface area contributed by atoms with E-state index in [0.29, 0.717) is 5.69 Å². The lowest BCUT2D eigenvalue weighted by Gasteiger charge is -2.00. The van der Waals surface area contributed by atoms with Gasteiger partial charge in [-0.15, -0.1) is 0 Å². The fraction of sp³-hybridized carbons (Fsp3) is 0. The van der Waals surface area contributed by atoms with Crippen molar-refractivity contribution in [1.82, 2.24) is 20.2 Å². The molecule has 19 heavy (non-hydrogen) atoms. The van der Waals surface area contributed by atoms with Crippen LogP contribution in [-0.2, 0) is 0 Å².